The van der Waals surface area contributed by atoms with Crippen molar-refractivity contribution in [2.24, 2.45) is 5.73 Å². The van der Waals surface area contributed by atoms with Gasteiger partial charge in [-0.2, -0.15) is 13.2 Å². The SMILES string of the molecule is Cc1cc([C@@H](N)C(F)(F)F)ccc1Br. The summed E-state index contributed by atoms with van der Waals surface area (Å²) in [4.78, 5) is 0. The zero-order chi connectivity index (χ0) is 10.9. The molecule has 5 heteroatoms. The van der Waals surface area contributed by atoms with Crippen LogP contribution in [0.15, 0.2) is 22.7 Å². The summed E-state index contributed by atoms with van der Waals surface area (Å²) in [5.41, 5.74) is 5.87. The van der Waals surface area contributed by atoms with Gasteiger partial charge in [-0.1, -0.05) is 28.1 Å². The molecular weight excluding hydrogens is 259 g/mol. The third-order valence-electron chi connectivity index (χ3n) is 1.89. The molecule has 0 amide bonds. The van der Waals surface area contributed by atoms with E-state index in [1.807, 2.05) is 0 Å². The van der Waals surface area contributed by atoms with Crippen LogP contribution >= 0.6 is 15.9 Å². The Morgan fingerprint density at radius 1 is 1.36 bits per heavy atom. The second kappa shape index (κ2) is 3.90. The first kappa shape index (κ1) is 11.5. The molecule has 0 radical (unpaired) electrons. The van der Waals surface area contributed by atoms with E-state index < -0.39 is 12.2 Å². The topological polar surface area (TPSA) is 26.0 Å². The molecule has 2 N–H and O–H groups in total. The first-order valence-corrected chi connectivity index (χ1v) is 4.70. The summed E-state index contributed by atoms with van der Waals surface area (Å²) in [6.07, 6.45) is -4.39. The van der Waals surface area contributed by atoms with Gasteiger partial charge in [0.25, 0.3) is 0 Å². The Balaban J connectivity index is 3.03. The van der Waals surface area contributed by atoms with E-state index in [1.54, 1.807) is 13.0 Å². The van der Waals surface area contributed by atoms with Gasteiger partial charge in [0.05, 0.1) is 0 Å². The van der Waals surface area contributed by atoms with Gasteiger partial charge in [0.2, 0.25) is 0 Å². The van der Waals surface area contributed by atoms with Crippen LogP contribution in [0.4, 0.5) is 13.2 Å². The van der Waals surface area contributed by atoms with Crippen molar-refractivity contribution in [2.45, 2.75) is 19.1 Å². The van der Waals surface area contributed by atoms with Crippen molar-refractivity contribution in [2.75, 3.05) is 0 Å². The Morgan fingerprint density at radius 2 is 1.93 bits per heavy atom. The second-order valence-electron chi connectivity index (χ2n) is 3.03. The molecule has 0 saturated carbocycles. The summed E-state index contributed by atoms with van der Waals surface area (Å²) in [5.74, 6) is 0. The van der Waals surface area contributed by atoms with E-state index in [9.17, 15) is 13.2 Å². The number of aryl methyl sites for hydroxylation is 1. The number of hydrogen-bond donors (Lipinski definition) is 1. The lowest BCUT2D eigenvalue weighted by atomic mass is 10.1. The highest BCUT2D eigenvalue weighted by molar-refractivity contribution is 9.10. The highest BCUT2D eigenvalue weighted by atomic mass is 79.9. The van der Waals surface area contributed by atoms with Gasteiger partial charge in [0.1, 0.15) is 6.04 Å². The lowest BCUT2D eigenvalue weighted by Gasteiger charge is -2.16. The molecule has 0 fully saturated rings. The highest BCUT2D eigenvalue weighted by Crippen LogP contribution is 2.31. The van der Waals surface area contributed by atoms with Crippen LogP contribution in [0.2, 0.25) is 0 Å². The van der Waals surface area contributed by atoms with E-state index in [1.165, 1.54) is 12.1 Å². The summed E-state index contributed by atoms with van der Waals surface area (Å²) >= 11 is 3.21. The maximum absolute atomic E-state index is 12.2. The molecular formula is C9H9BrF3N. The first-order chi connectivity index (χ1) is 6.32. The van der Waals surface area contributed by atoms with Gasteiger partial charge in [-0.25, -0.2) is 0 Å². The average molecular weight is 268 g/mol. The fraction of sp³-hybridized carbons (Fsp3) is 0.333. The number of alkyl halides is 3. The lowest BCUT2D eigenvalue weighted by molar-refractivity contribution is -0.149. The number of rotatable bonds is 1. The van der Waals surface area contributed by atoms with Crippen molar-refractivity contribution in [3.05, 3.63) is 33.8 Å². The molecule has 0 aliphatic rings. The Hall–Kier alpha value is -0.550. The molecule has 0 aromatic heterocycles. The van der Waals surface area contributed by atoms with E-state index >= 15 is 0 Å². The van der Waals surface area contributed by atoms with Crippen LogP contribution in [0.1, 0.15) is 17.2 Å². The summed E-state index contributed by atoms with van der Waals surface area (Å²) in [6, 6.07) is 2.46. The molecule has 0 heterocycles. The zero-order valence-corrected chi connectivity index (χ0v) is 8.98. The molecule has 14 heavy (non-hydrogen) atoms. The van der Waals surface area contributed by atoms with Crippen LogP contribution in [0.3, 0.4) is 0 Å². The predicted molar refractivity (Wildman–Crippen MR) is 51.9 cm³/mol. The van der Waals surface area contributed by atoms with Crippen LogP contribution in [0.5, 0.6) is 0 Å². The second-order valence-corrected chi connectivity index (χ2v) is 3.88. The average Bonchev–Trinajstić information content (AvgIpc) is 2.07. The summed E-state index contributed by atoms with van der Waals surface area (Å²) < 4.78 is 37.5. The number of hydrogen-bond acceptors (Lipinski definition) is 1. The van der Waals surface area contributed by atoms with Crippen molar-refractivity contribution >= 4 is 15.9 Å². The molecule has 0 unspecified atom stereocenters. The van der Waals surface area contributed by atoms with Crippen LogP contribution < -0.4 is 5.73 Å². The molecule has 1 atom stereocenters. The van der Waals surface area contributed by atoms with Crippen molar-refractivity contribution < 1.29 is 13.2 Å². The summed E-state index contributed by atoms with van der Waals surface area (Å²) in [5, 5.41) is 0. The van der Waals surface area contributed by atoms with E-state index in [-0.39, 0.29) is 5.56 Å². The maximum Gasteiger partial charge on any atom is 0.407 e. The molecule has 0 aliphatic carbocycles. The minimum atomic E-state index is -4.39. The number of nitrogens with two attached hydrogens (primary N) is 1. The molecule has 1 aromatic carbocycles. The molecule has 0 saturated heterocycles. The number of halogens is 4. The summed E-state index contributed by atoms with van der Waals surface area (Å²) in [6.45, 7) is 1.72. The third-order valence-corrected chi connectivity index (χ3v) is 2.78. The minimum Gasteiger partial charge on any atom is -0.316 e. The highest BCUT2D eigenvalue weighted by Gasteiger charge is 2.37. The van der Waals surface area contributed by atoms with Crippen molar-refractivity contribution in [3.63, 3.8) is 0 Å². The van der Waals surface area contributed by atoms with E-state index in [0.717, 1.165) is 10.0 Å². The van der Waals surface area contributed by atoms with Gasteiger partial charge >= 0.3 is 6.18 Å². The molecule has 1 rings (SSSR count). The fourth-order valence-corrected chi connectivity index (χ4v) is 1.30. The monoisotopic (exact) mass is 267 g/mol. The largest absolute Gasteiger partial charge is 0.407 e. The summed E-state index contributed by atoms with van der Waals surface area (Å²) in [7, 11) is 0. The quantitative estimate of drug-likeness (QED) is 0.830. The van der Waals surface area contributed by atoms with Crippen LogP contribution in [0, 0.1) is 6.92 Å². The third kappa shape index (κ3) is 2.48. The smallest absolute Gasteiger partial charge is 0.316 e. The normalized spacial score (nSPS) is 14.1. The van der Waals surface area contributed by atoms with Gasteiger partial charge in [0.15, 0.2) is 0 Å². The van der Waals surface area contributed by atoms with Gasteiger partial charge < -0.3 is 5.73 Å². The number of benzene rings is 1. The van der Waals surface area contributed by atoms with Gasteiger partial charge in [-0.05, 0) is 24.1 Å². The van der Waals surface area contributed by atoms with Crippen LogP contribution in [-0.2, 0) is 0 Å². The first-order valence-electron chi connectivity index (χ1n) is 3.90. The predicted octanol–water partition coefficient (Wildman–Crippen LogP) is 3.32. The maximum atomic E-state index is 12.2. The van der Waals surface area contributed by atoms with Crippen molar-refractivity contribution in [3.8, 4) is 0 Å². The molecule has 0 spiro atoms. The Kier molecular flexibility index (Phi) is 3.21. The minimum absolute atomic E-state index is 0.0817. The van der Waals surface area contributed by atoms with Crippen molar-refractivity contribution in [1.29, 1.82) is 0 Å². The van der Waals surface area contributed by atoms with Crippen molar-refractivity contribution in [1.82, 2.24) is 0 Å². The fourth-order valence-electron chi connectivity index (χ4n) is 1.05. The van der Waals surface area contributed by atoms with E-state index in [0.29, 0.717) is 0 Å². The van der Waals surface area contributed by atoms with Gasteiger partial charge in [0, 0.05) is 4.47 Å². The Morgan fingerprint density at radius 3 is 2.36 bits per heavy atom. The molecule has 0 aliphatic heterocycles. The van der Waals surface area contributed by atoms with E-state index in [4.69, 9.17) is 5.73 Å². The lowest BCUT2D eigenvalue weighted by Crippen LogP contribution is -2.28. The Bertz CT molecular complexity index is 335. The Labute approximate surface area is 88.2 Å². The zero-order valence-electron chi connectivity index (χ0n) is 7.40. The van der Waals surface area contributed by atoms with Crippen LogP contribution in [-0.4, -0.2) is 6.18 Å². The van der Waals surface area contributed by atoms with E-state index in [2.05, 4.69) is 15.9 Å². The molecule has 0 bridgehead atoms. The molecule has 1 nitrogen and oxygen atoms in total. The standard InChI is InChI=1S/C9H9BrF3N/c1-5-4-6(2-3-7(5)10)8(14)9(11,12)13/h2-4,8H,14H2,1H3/t8-/m1/s1. The van der Waals surface area contributed by atoms with Crippen LogP contribution in [0.25, 0.3) is 0 Å². The van der Waals surface area contributed by atoms with Gasteiger partial charge in [-0.3, -0.25) is 0 Å². The molecule has 78 valence electrons. The molecule has 1 aromatic rings. The van der Waals surface area contributed by atoms with Gasteiger partial charge in [-0.15, -0.1) is 0 Å².